The number of hydrogen-bond donors (Lipinski definition) is 0. The molecular weight excluding hydrogens is 268 g/mol. The monoisotopic (exact) mass is 278 g/mol. The summed E-state index contributed by atoms with van der Waals surface area (Å²) in [5.41, 5.74) is 1.22. The molecular formula is C13H11ClN2OS. The van der Waals surface area contributed by atoms with Crippen LogP contribution in [0.4, 0.5) is 0 Å². The molecule has 3 nitrogen and oxygen atoms in total. The summed E-state index contributed by atoms with van der Waals surface area (Å²) in [4.78, 5) is 20.2. The molecule has 0 fully saturated rings. The van der Waals surface area contributed by atoms with Crippen LogP contribution in [-0.2, 0) is 5.75 Å². The molecule has 0 aliphatic rings. The highest BCUT2D eigenvalue weighted by atomic mass is 35.5. The number of nitrogens with zero attached hydrogens (tertiary/aromatic N) is 2. The summed E-state index contributed by atoms with van der Waals surface area (Å²) in [5, 5.41) is 0.707. The van der Waals surface area contributed by atoms with Gasteiger partial charge < -0.3 is 0 Å². The molecule has 5 heteroatoms. The van der Waals surface area contributed by atoms with Gasteiger partial charge in [-0.2, -0.15) is 0 Å². The Morgan fingerprint density at radius 1 is 1.33 bits per heavy atom. The van der Waals surface area contributed by atoms with Gasteiger partial charge in [0.05, 0.1) is 5.75 Å². The number of carbonyl (C=O) groups excluding carboxylic acids is 1. The fourth-order valence-electron chi connectivity index (χ4n) is 1.49. The van der Waals surface area contributed by atoms with Crippen LogP contribution < -0.4 is 0 Å². The topological polar surface area (TPSA) is 42.9 Å². The van der Waals surface area contributed by atoms with Crippen LogP contribution in [0.5, 0.6) is 0 Å². The van der Waals surface area contributed by atoms with E-state index in [0.717, 1.165) is 16.9 Å². The Kier molecular flexibility index (Phi) is 4.33. The summed E-state index contributed by atoms with van der Waals surface area (Å²) in [6.07, 6.45) is 0.738. The number of rotatable bonds is 4. The van der Waals surface area contributed by atoms with Crippen molar-refractivity contribution in [3.63, 3.8) is 0 Å². The van der Waals surface area contributed by atoms with E-state index in [2.05, 4.69) is 9.97 Å². The van der Waals surface area contributed by atoms with Gasteiger partial charge in [-0.15, -0.1) is 11.8 Å². The van der Waals surface area contributed by atoms with Gasteiger partial charge in [0.2, 0.25) is 0 Å². The van der Waals surface area contributed by atoms with Crippen LogP contribution >= 0.6 is 23.4 Å². The zero-order valence-corrected chi connectivity index (χ0v) is 11.3. The molecule has 18 heavy (non-hydrogen) atoms. The predicted octanol–water partition coefficient (Wildman–Crippen LogP) is 3.54. The summed E-state index contributed by atoms with van der Waals surface area (Å²) in [6, 6.07) is 9.27. The molecule has 2 aromatic rings. The van der Waals surface area contributed by atoms with Crippen molar-refractivity contribution in [1.82, 2.24) is 9.97 Å². The minimum atomic E-state index is 0.421. The first kappa shape index (κ1) is 13.1. The molecule has 0 bridgehead atoms. The van der Waals surface area contributed by atoms with E-state index in [1.54, 1.807) is 17.8 Å². The molecule has 0 aliphatic heterocycles. The third-order valence-electron chi connectivity index (χ3n) is 2.21. The summed E-state index contributed by atoms with van der Waals surface area (Å²) in [7, 11) is 0. The maximum absolute atomic E-state index is 10.7. The van der Waals surface area contributed by atoms with Crippen LogP contribution in [0.3, 0.4) is 0 Å². The first-order chi connectivity index (χ1) is 8.67. The molecule has 1 aromatic heterocycles. The van der Waals surface area contributed by atoms with Crippen molar-refractivity contribution in [2.75, 3.05) is 0 Å². The second kappa shape index (κ2) is 5.98. The van der Waals surface area contributed by atoms with Gasteiger partial charge in [-0.3, -0.25) is 4.79 Å². The number of aromatic nitrogens is 2. The van der Waals surface area contributed by atoms with Gasteiger partial charge in [0, 0.05) is 15.6 Å². The molecule has 0 spiro atoms. The standard InChI is InChI=1S/C13H11ClN2OS/c1-9-5-11(7-17)16-13(15-9)8-18-12-4-2-3-10(14)6-12/h2-7H,8H2,1H3. The third-order valence-corrected chi connectivity index (χ3v) is 3.43. The molecule has 0 amide bonds. The summed E-state index contributed by atoms with van der Waals surface area (Å²) in [5.74, 6) is 1.27. The molecule has 0 saturated carbocycles. The molecule has 0 saturated heterocycles. The van der Waals surface area contributed by atoms with Crippen LogP contribution in [0.1, 0.15) is 22.0 Å². The van der Waals surface area contributed by atoms with Gasteiger partial charge in [0.1, 0.15) is 11.5 Å². The van der Waals surface area contributed by atoms with E-state index in [1.807, 2.05) is 31.2 Å². The van der Waals surface area contributed by atoms with E-state index in [-0.39, 0.29) is 0 Å². The van der Waals surface area contributed by atoms with Crippen molar-refractivity contribution in [2.45, 2.75) is 17.6 Å². The van der Waals surface area contributed by atoms with Gasteiger partial charge in [-0.25, -0.2) is 9.97 Å². The number of aryl methyl sites for hydroxylation is 1. The van der Waals surface area contributed by atoms with Crippen molar-refractivity contribution >= 4 is 29.6 Å². The van der Waals surface area contributed by atoms with Crippen molar-refractivity contribution in [2.24, 2.45) is 0 Å². The Morgan fingerprint density at radius 2 is 2.17 bits per heavy atom. The molecule has 0 aliphatic carbocycles. The Bertz CT molecular complexity index is 575. The van der Waals surface area contributed by atoms with Gasteiger partial charge in [-0.1, -0.05) is 17.7 Å². The fraction of sp³-hybridized carbons (Fsp3) is 0.154. The van der Waals surface area contributed by atoms with E-state index in [0.29, 0.717) is 22.3 Å². The van der Waals surface area contributed by atoms with Crippen LogP contribution in [0.2, 0.25) is 5.02 Å². The predicted molar refractivity (Wildman–Crippen MR) is 73.2 cm³/mol. The zero-order valence-electron chi connectivity index (χ0n) is 9.76. The lowest BCUT2D eigenvalue weighted by Crippen LogP contribution is -1.99. The number of carbonyl (C=O) groups is 1. The van der Waals surface area contributed by atoms with Crippen molar-refractivity contribution < 1.29 is 4.79 Å². The van der Waals surface area contributed by atoms with Crippen LogP contribution in [0, 0.1) is 6.92 Å². The van der Waals surface area contributed by atoms with Crippen LogP contribution in [-0.4, -0.2) is 16.3 Å². The Hall–Kier alpha value is -1.39. The van der Waals surface area contributed by atoms with Crippen molar-refractivity contribution in [1.29, 1.82) is 0 Å². The summed E-state index contributed by atoms with van der Waals surface area (Å²) < 4.78 is 0. The third kappa shape index (κ3) is 3.55. The number of aldehydes is 1. The molecule has 0 N–H and O–H groups in total. The lowest BCUT2D eigenvalue weighted by Gasteiger charge is -2.03. The summed E-state index contributed by atoms with van der Waals surface area (Å²) in [6.45, 7) is 1.85. The number of halogens is 1. The second-order valence-corrected chi connectivity index (χ2v) is 5.20. The normalized spacial score (nSPS) is 10.3. The molecule has 92 valence electrons. The van der Waals surface area contributed by atoms with Crippen LogP contribution in [0.15, 0.2) is 35.2 Å². The maximum Gasteiger partial charge on any atom is 0.168 e. The Labute approximate surface area is 115 Å². The van der Waals surface area contributed by atoms with E-state index in [1.165, 1.54) is 0 Å². The number of hydrogen-bond acceptors (Lipinski definition) is 4. The Morgan fingerprint density at radius 3 is 2.89 bits per heavy atom. The lowest BCUT2D eigenvalue weighted by atomic mass is 10.3. The molecule has 0 atom stereocenters. The van der Waals surface area contributed by atoms with E-state index in [4.69, 9.17) is 11.6 Å². The van der Waals surface area contributed by atoms with E-state index < -0.39 is 0 Å². The summed E-state index contributed by atoms with van der Waals surface area (Å²) >= 11 is 7.50. The van der Waals surface area contributed by atoms with Gasteiger partial charge in [0.25, 0.3) is 0 Å². The van der Waals surface area contributed by atoms with Crippen LogP contribution in [0.25, 0.3) is 0 Å². The molecule has 2 rings (SSSR count). The minimum absolute atomic E-state index is 0.421. The number of benzene rings is 1. The maximum atomic E-state index is 10.7. The molecule has 0 unspecified atom stereocenters. The smallest absolute Gasteiger partial charge is 0.168 e. The highest BCUT2D eigenvalue weighted by Gasteiger charge is 2.03. The second-order valence-electron chi connectivity index (χ2n) is 3.71. The Balaban J connectivity index is 2.10. The first-order valence-corrected chi connectivity index (χ1v) is 6.72. The quantitative estimate of drug-likeness (QED) is 0.634. The SMILES string of the molecule is Cc1cc(C=O)nc(CSc2cccc(Cl)c2)n1. The van der Waals surface area contributed by atoms with Crippen molar-refractivity contribution in [3.8, 4) is 0 Å². The minimum Gasteiger partial charge on any atom is -0.296 e. The largest absolute Gasteiger partial charge is 0.296 e. The zero-order chi connectivity index (χ0) is 13.0. The van der Waals surface area contributed by atoms with Gasteiger partial charge in [0.15, 0.2) is 6.29 Å². The highest BCUT2D eigenvalue weighted by Crippen LogP contribution is 2.24. The molecule has 0 radical (unpaired) electrons. The van der Waals surface area contributed by atoms with Crippen molar-refractivity contribution in [3.05, 3.63) is 52.6 Å². The van der Waals surface area contributed by atoms with E-state index >= 15 is 0 Å². The highest BCUT2D eigenvalue weighted by molar-refractivity contribution is 7.98. The average Bonchev–Trinajstić information content (AvgIpc) is 2.36. The van der Waals surface area contributed by atoms with Gasteiger partial charge in [-0.05, 0) is 31.2 Å². The van der Waals surface area contributed by atoms with Gasteiger partial charge >= 0.3 is 0 Å². The molecule has 1 aromatic carbocycles. The number of thioether (sulfide) groups is 1. The average molecular weight is 279 g/mol. The fourth-order valence-corrected chi connectivity index (χ4v) is 2.55. The lowest BCUT2D eigenvalue weighted by molar-refractivity contribution is 0.111. The van der Waals surface area contributed by atoms with E-state index in [9.17, 15) is 4.79 Å². The molecule has 1 heterocycles. The first-order valence-electron chi connectivity index (χ1n) is 5.35.